The van der Waals surface area contributed by atoms with E-state index in [-0.39, 0.29) is 16.7 Å². The largest absolute Gasteiger partial charge is 0.299 e. The first-order chi connectivity index (χ1) is 9.41. The number of hydrazine groups is 1. The molecule has 1 aliphatic rings. The van der Waals surface area contributed by atoms with E-state index in [0.29, 0.717) is 5.92 Å². The summed E-state index contributed by atoms with van der Waals surface area (Å²) in [4.78, 5) is 12.6. The first-order valence-corrected chi connectivity index (χ1v) is 8.21. The number of anilines is 1. The second-order valence-electron chi connectivity index (χ2n) is 6.39. The molecule has 3 nitrogen and oxygen atoms in total. The van der Waals surface area contributed by atoms with Gasteiger partial charge in [-0.05, 0) is 36.3 Å². The maximum Gasteiger partial charge on any atom is 0.244 e. The molecule has 4 heteroatoms. The van der Waals surface area contributed by atoms with Gasteiger partial charge in [0.1, 0.15) is 0 Å². The predicted octanol–water partition coefficient (Wildman–Crippen LogP) is 3.97. The Bertz CT molecular complexity index is 475. The molecule has 0 unspecified atom stereocenters. The number of rotatable bonds is 4. The summed E-state index contributed by atoms with van der Waals surface area (Å²) in [6.45, 7) is 6.49. The number of nitrogens with one attached hydrogen (secondary N) is 2. The maximum atomic E-state index is 12.6. The van der Waals surface area contributed by atoms with Crippen LogP contribution in [0.1, 0.15) is 33.6 Å². The van der Waals surface area contributed by atoms with E-state index in [0.717, 1.165) is 23.9 Å². The van der Waals surface area contributed by atoms with Gasteiger partial charge in [-0.15, -0.1) is 0 Å². The van der Waals surface area contributed by atoms with E-state index in [4.69, 9.17) is 0 Å². The first kappa shape index (κ1) is 15.4. The number of para-hydroxylation sites is 1. The molecule has 2 N–H and O–H groups in total. The van der Waals surface area contributed by atoms with Crippen LogP contribution in [-0.2, 0) is 4.79 Å². The highest BCUT2D eigenvalue weighted by Gasteiger charge is 2.55. The number of hydrogen-bond donors (Lipinski definition) is 2. The highest BCUT2D eigenvalue weighted by Crippen LogP contribution is 2.56. The number of amides is 1. The van der Waals surface area contributed by atoms with Gasteiger partial charge in [-0.3, -0.25) is 15.6 Å². The second-order valence-corrected chi connectivity index (χ2v) is 7.04. The molecular formula is C16H23BrN2O. The standard InChI is InChI=1S/C16H23BrN2O/c1-15(2)12(11-17)9-10-16(15,3)14(20)19-18-13-7-5-4-6-8-13/h4-8,12,18H,9-11H2,1-3H3,(H,19,20)/t12-,16-/m0/s1. The van der Waals surface area contributed by atoms with Gasteiger partial charge in [0.05, 0.1) is 11.1 Å². The number of alkyl halides is 1. The molecular weight excluding hydrogens is 316 g/mol. The van der Waals surface area contributed by atoms with Gasteiger partial charge in [-0.1, -0.05) is 54.9 Å². The Hall–Kier alpha value is -1.03. The summed E-state index contributed by atoms with van der Waals surface area (Å²) in [5.74, 6) is 0.616. The molecule has 2 rings (SSSR count). The number of carbonyl (C=O) groups is 1. The lowest BCUT2D eigenvalue weighted by molar-refractivity contribution is -0.135. The summed E-state index contributed by atoms with van der Waals surface area (Å²) < 4.78 is 0. The number of benzene rings is 1. The lowest BCUT2D eigenvalue weighted by atomic mass is 9.65. The molecule has 0 spiro atoms. The summed E-state index contributed by atoms with van der Waals surface area (Å²) in [5.41, 5.74) is 6.43. The zero-order valence-electron chi connectivity index (χ0n) is 12.4. The van der Waals surface area contributed by atoms with Gasteiger partial charge < -0.3 is 0 Å². The van der Waals surface area contributed by atoms with Crippen molar-refractivity contribution in [3.63, 3.8) is 0 Å². The van der Waals surface area contributed by atoms with Gasteiger partial charge in [0.15, 0.2) is 0 Å². The van der Waals surface area contributed by atoms with Crippen LogP contribution in [0.4, 0.5) is 5.69 Å². The summed E-state index contributed by atoms with van der Waals surface area (Å²) in [7, 11) is 0. The third-order valence-corrected chi connectivity index (χ3v) is 6.00. The van der Waals surface area contributed by atoms with Crippen LogP contribution in [-0.4, -0.2) is 11.2 Å². The maximum absolute atomic E-state index is 12.6. The fraction of sp³-hybridized carbons (Fsp3) is 0.562. The molecule has 1 aliphatic carbocycles. The van der Waals surface area contributed by atoms with Crippen LogP contribution in [0.15, 0.2) is 30.3 Å². The molecule has 0 radical (unpaired) electrons. The topological polar surface area (TPSA) is 41.1 Å². The van der Waals surface area contributed by atoms with E-state index < -0.39 is 0 Å². The fourth-order valence-corrected chi connectivity index (χ4v) is 4.19. The van der Waals surface area contributed by atoms with Crippen LogP contribution in [0.2, 0.25) is 0 Å². The summed E-state index contributed by atoms with van der Waals surface area (Å²) in [6, 6.07) is 9.70. The Morgan fingerprint density at radius 1 is 1.30 bits per heavy atom. The van der Waals surface area contributed by atoms with Crippen molar-refractivity contribution < 1.29 is 4.79 Å². The van der Waals surface area contributed by atoms with Crippen molar-refractivity contribution in [2.75, 3.05) is 10.8 Å². The Labute approximate surface area is 129 Å². The molecule has 2 atom stereocenters. The van der Waals surface area contributed by atoms with Crippen molar-refractivity contribution in [3.8, 4) is 0 Å². The van der Waals surface area contributed by atoms with Crippen LogP contribution in [0.5, 0.6) is 0 Å². The lowest BCUT2D eigenvalue weighted by Gasteiger charge is -2.40. The van der Waals surface area contributed by atoms with Crippen LogP contribution >= 0.6 is 15.9 Å². The van der Waals surface area contributed by atoms with Crippen LogP contribution < -0.4 is 10.9 Å². The molecule has 20 heavy (non-hydrogen) atoms. The Morgan fingerprint density at radius 3 is 2.50 bits per heavy atom. The predicted molar refractivity (Wildman–Crippen MR) is 86.6 cm³/mol. The Kier molecular flexibility index (Phi) is 4.43. The van der Waals surface area contributed by atoms with Gasteiger partial charge in [-0.2, -0.15) is 0 Å². The average Bonchev–Trinajstić information content (AvgIpc) is 2.68. The van der Waals surface area contributed by atoms with Crippen molar-refractivity contribution in [2.45, 2.75) is 33.6 Å². The number of carbonyl (C=O) groups excluding carboxylic acids is 1. The fourth-order valence-electron chi connectivity index (χ4n) is 3.06. The highest BCUT2D eigenvalue weighted by molar-refractivity contribution is 9.09. The van der Waals surface area contributed by atoms with E-state index in [2.05, 4.69) is 47.6 Å². The average molecular weight is 339 g/mol. The van der Waals surface area contributed by atoms with Gasteiger partial charge >= 0.3 is 0 Å². The molecule has 1 saturated carbocycles. The van der Waals surface area contributed by atoms with E-state index in [1.807, 2.05) is 30.3 Å². The minimum Gasteiger partial charge on any atom is -0.299 e. The third-order valence-electron chi connectivity index (χ3n) is 5.22. The quantitative estimate of drug-likeness (QED) is 0.644. The summed E-state index contributed by atoms with van der Waals surface area (Å²) in [5, 5.41) is 0.953. The molecule has 0 aliphatic heterocycles. The van der Waals surface area contributed by atoms with E-state index >= 15 is 0 Å². The highest BCUT2D eigenvalue weighted by atomic mass is 79.9. The minimum atomic E-state index is -0.340. The van der Waals surface area contributed by atoms with Gasteiger partial charge in [0, 0.05) is 5.33 Å². The number of hydrogen-bond acceptors (Lipinski definition) is 2. The van der Waals surface area contributed by atoms with Crippen LogP contribution in [0.3, 0.4) is 0 Å². The zero-order chi connectivity index (χ0) is 14.8. The molecule has 1 fully saturated rings. The van der Waals surface area contributed by atoms with Crippen molar-refractivity contribution in [3.05, 3.63) is 30.3 Å². The third kappa shape index (κ3) is 2.58. The molecule has 0 bridgehead atoms. The van der Waals surface area contributed by atoms with Gasteiger partial charge in [-0.25, -0.2) is 0 Å². The van der Waals surface area contributed by atoms with E-state index in [1.54, 1.807) is 0 Å². The molecule has 1 amide bonds. The molecule has 1 aromatic carbocycles. The van der Waals surface area contributed by atoms with Crippen molar-refractivity contribution in [1.82, 2.24) is 5.43 Å². The summed E-state index contributed by atoms with van der Waals surface area (Å²) in [6.07, 6.45) is 2.02. The molecule has 0 saturated heterocycles. The Morgan fingerprint density at radius 2 is 1.95 bits per heavy atom. The van der Waals surface area contributed by atoms with Crippen molar-refractivity contribution in [1.29, 1.82) is 0 Å². The minimum absolute atomic E-state index is 0.0149. The van der Waals surface area contributed by atoms with E-state index in [9.17, 15) is 4.79 Å². The van der Waals surface area contributed by atoms with Crippen LogP contribution in [0, 0.1) is 16.7 Å². The second kappa shape index (κ2) is 5.76. The van der Waals surface area contributed by atoms with Crippen molar-refractivity contribution in [2.24, 2.45) is 16.7 Å². The SMILES string of the molecule is CC1(C)[C@H](CBr)CC[C@@]1(C)C(=O)NNc1ccccc1. The van der Waals surface area contributed by atoms with Crippen LogP contribution in [0.25, 0.3) is 0 Å². The van der Waals surface area contributed by atoms with Gasteiger partial charge in [0.25, 0.3) is 0 Å². The lowest BCUT2D eigenvalue weighted by Crippen LogP contribution is -2.48. The smallest absolute Gasteiger partial charge is 0.244 e. The monoisotopic (exact) mass is 338 g/mol. The first-order valence-electron chi connectivity index (χ1n) is 7.09. The Balaban J connectivity index is 2.05. The summed E-state index contributed by atoms with van der Waals surface area (Å²) >= 11 is 3.58. The van der Waals surface area contributed by atoms with Crippen molar-refractivity contribution >= 4 is 27.5 Å². The van der Waals surface area contributed by atoms with Gasteiger partial charge in [0.2, 0.25) is 5.91 Å². The number of halogens is 1. The zero-order valence-corrected chi connectivity index (χ0v) is 14.0. The normalized spacial score (nSPS) is 28.1. The molecule has 0 aromatic heterocycles. The molecule has 110 valence electrons. The molecule has 1 aromatic rings. The molecule has 0 heterocycles. The van der Waals surface area contributed by atoms with E-state index in [1.165, 1.54) is 0 Å².